The maximum Gasteiger partial charge on any atom is 0.221 e. The van der Waals surface area contributed by atoms with Gasteiger partial charge in [0, 0.05) is 29.2 Å². The highest BCUT2D eigenvalue weighted by atomic mass is 79.9. The molecular formula is C15H13BrF2N2O. The minimum Gasteiger partial charge on any atom is -0.378 e. The van der Waals surface area contributed by atoms with Crippen molar-refractivity contribution < 1.29 is 13.6 Å². The number of anilines is 2. The first-order valence-corrected chi connectivity index (χ1v) is 7.00. The Hall–Kier alpha value is -1.95. The monoisotopic (exact) mass is 354 g/mol. The van der Waals surface area contributed by atoms with Crippen molar-refractivity contribution in [1.29, 1.82) is 0 Å². The molecule has 0 spiro atoms. The molecule has 0 saturated heterocycles. The van der Waals surface area contributed by atoms with Crippen LogP contribution in [0.15, 0.2) is 40.9 Å². The average molecular weight is 355 g/mol. The topological polar surface area (TPSA) is 41.1 Å². The molecule has 0 unspecified atom stereocenters. The SMILES string of the molecule is CC(=O)Nc1ccc(F)c(NCc2cc(Br)ccc2F)c1. The van der Waals surface area contributed by atoms with Crippen LogP contribution in [0.25, 0.3) is 0 Å². The Kier molecular flexibility index (Phi) is 4.90. The van der Waals surface area contributed by atoms with Crippen LogP contribution in [0.4, 0.5) is 20.2 Å². The number of carbonyl (C=O) groups is 1. The van der Waals surface area contributed by atoms with E-state index in [1.165, 1.54) is 31.2 Å². The molecule has 0 aliphatic heterocycles. The van der Waals surface area contributed by atoms with Crippen molar-refractivity contribution in [3.8, 4) is 0 Å². The van der Waals surface area contributed by atoms with Crippen LogP contribution < -0.4 is 10.6 Å². The highest BCUT2D eigenvalue weighted by molar-refractivity contribution is 9.10. The summed E-state index contributed by atoms with van der Waals surface area (Å²) >= 11 is 3.26. The molecular weight excluding hydrogens is 342 g/mol. The molecule has 3 nitrogen and oxygen atoms in total. The predicted molar refractivity (Wildman–Crippen MR) is 82.1 cm³/mol. The number of hydrogen-bond acceptors (Lipinski definition) is 2. The molecule has 0 aliphatic carbocycles. The summed E-state index contributed by atoms with van der Waals surface area (Å²) in [6.45, 7) is 1.50. The standard InChI is InChI=1S/C15H13BrF2N2O/c1-9(21)20-12-3-5-14(18)15(7-12)19-8-10-6-11(16)2-4-13(10)17/h2-7,19H,8H2,1H3,(H,20,21). The second-order valence-electron chi connectivity index (χ2n) is 4.47. The van der Waals surface area contributed by atoms with Gasteiger partial charge in [0.25, 0.3) is 0 Å². The third-order valence-corrected chi connectivity index (χ3v) is 3.26. The highest BCUT2D eigenvalue weighted by Crippen LogP contribution is 2.22. The fourth-order valence-electron chi connectivity index (χ4n) is 1.81. The Morgan fingerprint density at radius 3 is 2.57 bits per heavy atom. The van der Waals surface area contributed by atoms with Crippen molar-refractivity contribution in [3.05, 3.63) is 58.1 Å². The van der Waals surface area contributed by atoms with Crippen LogP contribution in [-0.2, 0) is 11.3 Å². The van der Waals surface area contributed by atoms with Gasteiger partial charge in [0.2, 0.25) is 5.91 Å². The lowest BCUT2D eigenvalue weighted by Gasteiger charge is -2.11. The molecule has 1 amide bonds. The molecule has 0 atom stereocenters. The van der Waals surface area contributed by atoms with Crippen LogP contribution in [0, 0.1) is 11.6 Å². The van der Waals surface area contributed by atoms with Gasteiger partial charge in [-0.15, -0.1) is 0 Å². The summed E-state index contributed by atoms with van der Waals surface area (Å²) in [5.41, 5.74) is 1.08. The molecule has 0 aliphatic rings. The van der Waals surface area contributed by atoms with E-state index in [-0.39, 0.29) is 24.0 Å². The fraction of sp³-hybridized carbons (Fsp3) is 0.133. The number of hydrogen-bond donors (Lipinski definition) is 2. The van der Waals surface area contributed by atoms with Crippen LogP contribution in [-0.4, -0.2) is 5.91 Å². The summed E-state index contributed by atoms with van der Waals surface area (Å²) in [7, 11) is 0. The molecule has 0 saturated carbocycles. The van der Waals surface area contributed by atoms with Crippen LogP contribution in [0.3, 0.4) is 0 Å². The molecule has 2 N–H and O–H groups in total. The van der Waals surface area contributed by atoms with Crippen LogP contribution >= 0.6 is 15.9 Å². The quantitative estimate of drug-likeness (QED) is 0.859. The number of benzene rings is 2. The maximum atomic E-state index is 13.7. The molecule has 2 aromatic rings. The van der Waals surface area contributed by atoms with E-state index in [1.54, 1.807) is 12.1 Å². The van der Waals surface area contributed by atoms with Gasteiger partial charge in [-0.1, -0.05) is 15.9 Å². The van der Waals surface area contributed by atoms with Crippen molar-refractivity contribution in [2.75, 3.05) is 10.6 Å². The summed E-state index contributed by atoms with van der Waals surface area (Å²) in [6.07, 6.45) is 0. The smallest absolute Gasteiger partial charge is 0.221 e. The number of halogens is 3. The molecule has 0 aromatic heterocycles. The first kappa shape index (κ1) is 15.4. The largest absolute Gasteiger partial charge is 0.378 e. The Bertz CT molecular complexity index is 677. The minimum atomic E-state index is -0.473. The maximum absolute atomic E-state index is 13.7. The van der Waals surface area contributed by atoms with Crippen LogP contribution in [0.5, 0.6) is 0 Å². The lowest BCUT2D eigenvalue weighted by atomic mass is 10.2. The van der Waals surface area contributed by atoms with E-state index >= 15 is 0 Å². The van der Waals surface area contributed by atoms with Crippen molar-refractivity contribution in [3.63, 3.8) is 0 Å². The predicted octanol–water partition coefficient (Wildman–Crippen LogP) is 4.30. The second kappa shape index (κ2) is 6.67. The van der Waals surface area contributed by atoms with E-state index in [1.807, 2.05) is 0 Å². The van der Waals surface area contributed by atoms with Crippen molar-refractivity contribution in [2.24, 2.45) is 0 Å². The molecule has 2 rings (SSSR count). The van der Waals surface area contributed by atoms with Crippen LogP contribution in [0.2, 0.25) is 0 Å². The lowest BCUT2D eigenvalue weighted by molar-refractivity contribution is -0.114. The van der Waals surface area contributed by atoms with Gasteiger partial charge in [-0.3, -0.25) is 4.79 Å². The van der Waals surface area contributed by atoms with E-state index in [0.29, 0.717) is 11.3 Å². The molecule has 0 fully saturated rings. The fourth-order valence-corrected chi connectivity index (χ4v) is 2.22. The van der Waals surface area contributed by atoms with Gasteiger partial charge in [-0.25, -0.2) is 8.78 Å². The Morgan fingerprint density at radius 1 is 1.14 bits per heavy atom. The minimum absolute atomic E-state index is 0.131. The van der Waals surface area contributed by atoms with Crippen molar-refractivity contribution in [2.45, 2.75) is 13.5 Å². The third-order valence-electron chi connectivity index (χ3n) is 2.76. The van der Waals surface area contributed by atoms with Gasteiger partial charge in [0.05, 0.1) is 5.69 Å². The highest BCUT2D eigenvalue weighted by Gasteiger charge is 2.07. The Balaban J connectivity index is 2.15. The van der Waals surface area contributed by atoms with Gasteiger partial charge in [-0.05, 0) is 36.4 Å². The first-order valence-electron chi connectivity index (χ1n) is 6.20. The van der Waals surface area contributed by atoms with Gasteiger partial charge in [-0.2, -0.15) is 0 Å². The van der Waals surface area contributed by atoms with E-state index in [4.69, 9.17) is 0 Å². The molecule has 0 bridgehead atoms. The van der Waals surface area contributed by atoms with Gasteiger partial charge in [0.15, 0.2) is 0 Å². The van der Waals surface area contributed by atoms with Crippen molar-refractivity contribution in [1.82, 2.24) is 0 Å². The summed E-state index contributed by atoms with van der Waals surface area (Å²) in [5.74, 6) is -1.09. The normalized spacial score (nSPS) is 10.3. The molecule has 21 heavy (non-hydrogen) atoms. The molecule has 110 valence electrons. The summed E-state index contributed by atoms with van der Waals surface area (Å²) in [4.78, 5) is 11.0. The van der Waals surface area contributed by atoms with Gasteiger partial charge in [0.1, 0.15) is 11.6 Å². The molecule has 2 aromatic carbocycles. The van der Waals surface area contributed by atoms with Gasteiger partial charge < -0.3 is 10.6 Å². The number of rotatable bonds is 4. The van der Waals surface area contributed by atoms with E-state index in [0.717, 1.165) is 4.47 Å². The van der Waals surface area contributed by atoms with Gasteiger partial charge >= 0.3 is 0 Å². The summed E-state index contributed by atoms with van der Waals surface area (Å²) < 4.78 is 28.1. The zero-order valence-corrected chi connectivity index (χ0v) is 12.8. The van der Waals surface area contributed by atoms with E-state index in [9.17, 15) is 13.6 Å². The van der Waals surface area contributed by atoms with E-state index in [2.05, 4.69) is 26.6 Å². The Labute approximate surface area is 129 Å². The zero-order valence-electron chi connectivity index (χ0n) is 11.2. The van der Waals surface area contributed by atoms with Crippen LogP contribution in [0.1, 0.15) is 12.5 Å². The number of amides is 1. The average Bonchev–Trinajstić information content (AvgIpc) is 2.42. The molecule has 0 heterocycles. The molecule has 6 heteroatoms. The summed E-state index contributed by atoms with van der Waals surface area (Å²) in [6, 6.07) is 8.72. The third kappa shape index (κ3) is 4.26. The van der Waals surface area contributed by atoms with E-state index < -0.39 is 5.82 Å². The number of nitrogens with one attached hydrogen (secondary N) is 2. The Morgan fingerprint density at radius 2 is 1.86 bits per heavy atom. The lowest BCUT2D eigenvalue weighted by Crippen LogP contribution is -2.08. The second-order valence-corrected chi connectivity index (χ2v) is 5.38. The summed E-state index contributed by atoms with van der Waals surface area (Å²) in [5, 5.41) is 5.39. The number of carbonyl (C=O) groups excluding carboxylic acids is 1. The zero-order chi connectivity index (χ0) is 15.4. The van der Waals surface area contributed by atoms with Crippen molar-refractivity contribution >= 4 is 33.2 Å². The molecule has 0 radical (unpaired) electrons. The first-order chi connectivity index (χ1) is 9.95.